The maximum atomic E-state index is 3.34. The predicted octanol–water partition coefficient (Wildman–Crippen LogP) is 0.393. The van der Waals surface area contributed by atoms with Gasteiger partial charge in [-0.1, -0.05) is 11.8 Å². The van der Waals surface area contributed by atoms with Crippen molar-refractivity contribution in [2.75, 3.05) is 13.1 Å². The van der Waals surface area contributed by atoms with Crippen LogP contribution in [0.5, 0.6) is 0 Å². The average Bonchev–Trinajstić information content (AvgIpc) is 2.15. The Bertz CT molecular complexity index is 124. The van der Waals surface area contributed by atoms with Crippen LogP contribution in [0.2, 0.25) is 0 Å². The smallest absolute Gasteiger partial charge is 0.131 e. The Morgan fingerprint density at radius 2 is 2.75 bits per heavy atom. The van der Waals surface area contributed by atoms with E-state index >= 15 is 0 Å². The lowest BCUT2D eigenvalue weighted by Gasteiger charge is -2.12. The third-order valence-corrected chi connectivity index (χ3v) is 2.42. The molecule has 2 heterocycles. The summed E-state index contributed by atoms with van der Waals surface area (Å²) in [7, 11) is 0. The van der Waals surface area contributed by atoms with Crippen LogP contribution in [0.1, 0.15) is 0 Å². The van der Waals surface area contributed by atoms with Crippen molar-refractivity contribution >= 4 is 11.8 Å². The highest BCUT2D eigenvalue weighted by Crippen LogP contribution is 2.24. The van der Waals surface area contributed by atoms with Gasteiger partial charge in [-0.15, -0.1) is 0 Å². The first-order valence-corrected chi connectivity index (χ1v) is 3.72. The molecule has 2 rings (SSSR count). The quantitative estimate of drug-likeness (QED) is 0.508. The maximum Gasteiger partial charge on any atom is 0.131 e. The van der Waals surface area contributed by atoms with Gasteiger partial charge in [-0.2, -0.15) is 0 Å². The molecule has 8 heavy (non-hydrogen) atoms. The molecule has 44 valence electrons. The summed E-state index contributed by atoms with van der Waals surface area (Å²) in [6.45, 7) is 2.32. The number of hydrogen-bond acceptors (Lipinski definition) is 3. The van der Waals surface area contributed by atoms with Crippen molar-refractivity contribution in [1.82, 2.24) is 10.2 Å². The summed E-state index contributed by atoms with van der Waals surface area (Å²) in [6, 6.07) is 0. The summed E-state index contributed by atoms with van der Waals surface area (Å²) in [5.74, 6) is 0. The molecule has 0 spiro atoms. The van der Waals surface area contributed by atoms with Gasteiger partial charge in [-0.05, 0) is 5.41 Å². The van der Waals surface area contributed by atoms with Gasteiger partial charge in [0.1, 0.15) is 5.50 Å². The molecule has 1 N–H and O–H groups in total. The van der Waals surface area contributed by atoms with Crippen LogP contribution in [0.15, 0.2) is 11.6 Å². The van der Waals surface area contributed by atoms with Gasteiger partial charge >= 0.3 is 0 Å². The maximum absolute atomic E-state index is 3.34. The topological polar surface area (TPSA) is 15.3 Å². The molecule has 1 fully saturated rings. The Labute approximate surface area is 52.9 Å². The van der Waals surface area contributed by atoms with Gasteiger partial charge in [0.05, 0.1) is 0 Å². The van der Waals surface area contributed by atoms with E-state index in [9.17, 15) is 0 Å². The van der Waals surface area contributed by atoms with Crippen molar-refractivity contribution in [2.24, 2.45) is 0 Å². The highest BCUT2D eigenvalue weighted by atomic mass is 32.2. The van der Waals surface area contributed by atoms with Gasteiger partial charge in [0.15, 0.2) is 0 Å². The van der Waals surface area contributed by atoms with Crippen LogP contribution < -0.4 is 5.32 Å². The Kier molecular flexibility index (Phi) is 0.981. The lowest BCUT2D eigenvalue weighted by molar-refractivity contribution is 0.438. The van der Waals surface area contributed by atoms with E-state index in [0.717, 1.165) is 6.54 Å². The van der Waals surface area contributed by atoms with Crippen molar-refractivity contribution in [3.8, 4) is 0 Å². The molecule has 0 aromatic heterocycles. The molecule has 0 aromatic carbocycles. The number of fused-ring (bicyclic) bond motifs is 1. The number of nitrogens with zero attached hydrogens (tertiary/aromatic N) is 1. The summed E-state index contributed by atoms with van der Waals surface area (Å²) in [6.07, 6.45) is 2.15. The molecular formula is C5H8N2S. The first kappa shape index (κ1) is 4.70. The molecule has 0 aliphatic carbocycles. The third-order valence-electron chi connectivity index (χ3n) is 1.45. The van der Waals surface area contributed by atoms with E-state index in [2.05, 4.69) is 21.8 Å². The van der Waals surface area contributed by atoms with Crippen LogP contribution in [-0.4, -0.2) is 23.5 Å². The fraction of sp³-hybridized carbons (Fsp3) is 0.600. The molecule has 0 radical (unpaired) electrons. The second-order valence-corrected chi connectivity index (χ2v) is 2.96. The van der Waals surface area contributed by atoms with Crippen LogP contribution in [-0.2, 0) is 0 Å². The molecule has 0 saturated carbocycles. The number of hydrogen-bond donors (Lipinski definition) is 1. The summed E-state index contributed by atoms with van der Waals surface area (Å²) in [4.78, 5) is 2.31. The lowest BCUT2D eigenvalue weighted by atomic mass is 10.6. The first-order valence-electron chi connectivity index (χ1n) is 2.78. The van der Waals surface area contributed by atoms with Gasteiger partial charge in [-0.3, -0.25) is 5.32 Å². The number of thioether (sulfide) groups is 1. The van der Waals surface area contributed by atoms with Crippen molar-refractivity contribution < 1.29 is 0 Å². The second-order valence-electron chi connectivity index (χ2n) is 1.97. The monoisotopic (exact) mass is 128 g/mol. The summed E-state index contributed by atoms with van der Waals surface area (Å²) >= 11 is 1.85. The Hall–Kier alpha value is -0.150. The highest BCUT2D eigenvalue weighted by Gasteiger charge is 2.23. The summed E-state index contributed by atoms with van der Waals surface area (Å²) in [5.41, 5.74) is 0.565. The molecular weight excluding hydrogens is 120 g/mol. The number of rotatable bonds is 0. The van der Waals surface area contributed by atoms with E-state index in [0.29, 0.717) is 5.50 Å². The molecule has 2 aliphatic heterocycles. The zero-order valence-electron chi connectivity index (χ0n) is 4.50. The van der Waals surface area contributed by atoms with E-state index in [1.54, 1.807) is 0 Å². The molecule has 1 saturated heterocycles. The van der Waals surface area contributed by atoms with E-state index in [1.807, 2.05) is 11.8 Å². The lowest BCUT2D eigenvalue weighted by Crippen LogP contribution is -2.24. The largest absolute Gasteiger partial charge is 0.352 e. The first-order chi connectivity index (χ1) is 3.97. The minimum atomic E-state index is 0.565. The molecule has 0 bridgehead atoms. The Morgan fingerprint density at radius 3 is 3.62 bits per heavy atom. The van der Waals surface area contributed by atoms with Crippen molar-refractivity contribution in [2.45, 2.75) is 5.50 Å². The summed E-state index contributed by atoms with van der Waals surface area (Å²) < 4.78 is 0. The molecule has 1 atom stereocenters. The molecule has 0 amide bonds. The van der Waals surface area contributed by atoms with Gasteiger partial charge in [0, 0.05) is 19.3 Å². The van der Waals surface area contributed by atoms with Gasteiger partial charge < -0.3 is 4.90 Å². The van der Waals surface area contributed by atoms with E-state index in [4.69, 9.17) is 0 Å². The van der Waals surface area contributed by atoms with Crippen LogP contribution >= 0.6 is 11.8 Å². The van der Waals surface area contributed by atoms with Crippen LogP contribution in [0, 0.1) is 0 Å². The average molecular weight is 128 g/mol. The second kappa shape index (κ2) is 1.67. The van der Waals surface area contributed by atoms with Crippen molar-refractivity contribution in [3.05, 3.63) is 11.6 Å². The molecule has 2 nitrogen and oxygen atoms in total. The van der Waals surface area contributed by atoms with Gasteiger partial charge in [0.25, 0.3) is 0 Å². The summed E-state index contributed by atoms with van der Waals surface area (Å²) in [5, 5.41) is 5.48. The normalized spacial score (nSPS) is 34.0. The SMILES string of the molecule is C1=CN2CCNC2S1. The fourth-order valence-corrected chi connectivity index (χ4v) is 1.94. The predicted molar refractivity (Wildman–Crippen MR) is 35.2 cm³/mol. The van der Waals surface area contributed by atoms with Crippen LogP contribution in [0.4, 0.5) is 0 Å². The van der Waals surface area contributed by atoms with Crippen LogP contribution in [0.3, 0.4) is 0 Å². The standard InChI is InChI=1S/C5H8N2S/c1-2-7-3-4-8-5(7)6-1/h3-6H,1-2H2. The van der Waals surface area contributed by atoms with Crippen LogP contribution in [0.25, 0.3) is 0 Å². The molecule has 1 unspecified atom stereocenters. The van der Waals surface area contributed by atoms with E-state index in [-0.39, 0.29) is 0 Å². The van der Waals surface area contributed by atoms with Crippen molar-refractivity contribution in [1.29, 1.82) is 0 Å². The highest BCUT2D eigenvalue weighted by molar-refractivity contribution is 8.02. The third kappa shape index (κ3) is 0.548. The Balaban J connectivity index is 2.13. The van der Waals surface area contributed by atoms with Gasteiger partial charge in [-0.25, -0.2) is 0 Å². The minimum absolute atomic E-state index is 0.565. The number of nitrogens with one attached hydrogen (secondary N) is 1. The van der Waals surface area contributed by atoms with E-state index in [1.165, 1.54) is 6.54 Å². The Morgan fingerprint density at radius 1 is 1.75 bits per heavy atom. The van der Waals surface area contributed by atoms with E-state index < -0.39 is 0 Å². The van der Waals surface area contributed by atoms with Crippen molar-refractivity contribution in [3.63, 3.8) is 0 Å². The molecule has 0 aromatic rings. The molecule has 3 heteroatoms. The van der Waals surface area contributed by atoms with Gasteiger partial charge in [0.2, 0.25) is 0 Å². The zero-order chi connectivity index (χ0) is 5.40. The molecule has 2 aliphatic rings. The zero-order valence-corrected chi connectivity index (χ0v) is 5.32. The fourth-order valence-electron chi connectivity index (χ4n) is 1.02. The minimum Gasteiger partial charge on any atom is -0.352 e.